The highest BCUT2D eigenvalue weighted by Crippen LogP contribution is 2.24. The number of carbonyl (C=O) groups excluding carboxylic acids is 1. The number of nitrogens with zero attached hydrogens (tertiary/aromatic N) is 6. The minimum atomic E-state index is -0.653. The van der Waals surface area contributed by atoms with E-state index in [-0.39, 0.29) is 18.0 Å². The Hall–Kier alpha value is -3.95. The van der Waals surface area contributed by atoms with E-state index in [0.29, 0.717) is 29.0 Å². The summed E-state index contributed by atoms with van der Waals surface area (Å²) in [6, 6.07) is 17.8. The van der Waals surface area contributed by atoms with Gasteiger partial charge in [-0.05, 0) is 48.0 Å². The molecule has 0 aliphatic rings. The van der Waals surface area contributed by atoms with Crippen molar-refractivity contribution in [1.29, 1.82) is 0 Å². The van der Waals surface area contributed by atoms with Crippen LogP contribution >= 0.6 is 12.4 Å². The summed E-state index contributed by atoms with van der Waals surface area (Å²) in [5, 5.41) is 10.4. The highest BCUT2D eigenvalue weighted by atomic mass is 35.5. The van der Waals surface area contributed by atoms with Crippen molar-refractivity contribution in [3.63, 3.8) is 0 Å². The minimum Gasteiger partial charge on any atom is -0.274 e. The first kappa shape index (κ1) is 23.2. The fraction of sp³-hybridized carbons (Fsp3) is 0.125. The monoisotopic (exact) mass is 478 g/mol. The number of pyridine rings is 2. The molecule has 0 N–H and O–H groups in total. The second kappa shape index (κ2) is 9.50. The summed E-state index contributed by atoms with van der Waals surface area (Å²) in [5.74, 6) is -1.22. The maximum Gasteiger partial charge on any atom is 0.280 e. The molecule has 5 aromatic rings. The molecule has 8 nitrogen and oxygen atoms in total. The molecule has 0 aliphatic heterocycles. The highest BCUT2D eigenvalue weighted by molar-refractivity contribution is 5.94. The van der Waals surface area contributed by atoms with Gasteiger partial charge in [0.2, 0.25) is 0 Å². The number of hydroxylamine groups is 2. The van der Waals surface area contributed by atoms with Gasteiger partial charge >= 0.3 is 0 Å². The second-order valence-electron chi connectivity index (χ2n) is 7.50. The number of rotatable bonds is 5. The number of benzene rings is 2. The third-order valence-electron chi connectivity index (χ3n) is 5.41. The molecule has 0 bridgehead atoms. The van der Waals surface area contributed by atoms with Gasteiger partial charge in [-0.2, -0.15) is 0 Å². The molecule has 0 aliphatic carbocycles. The van der Waals surface area contributed by atoms with Crippen LogP contribution in [0.25, 0.3) is 33.3 Å². The normalized spacial score (nSPS) is 10.9. The number of halogens is 2. The topological polar surface area (TPSA) is 86.0 Å². The van der Waals surface area contributed by atoms with E-state index in [4.69, 9.17) is 4.84 Å². The Morgan fingerprint density at radius 3 is 2.71 bits per heavy atom. The van der Waals surface area contributed by atoms with E-state index in [2.05, 4.69) is 26.3 Å². The van der Waals surface area contributed by atoms with Gasteiger partial charge in [0.05, 0.1) is 30.4 Å². The van der Waals surface area contributed by atoms with Crippen molar-refractivity contribution in [3.05, 3.63) is 83.8 Å². The lowest BCUT2D eigenvalue weighted by molar-refractivity contribution is -0.0759. The van der Waals surface area contributed by atoms with Crippen LogP contribution in [0.3, 0.4) is 0 Å². The zero-order chi connectivity index (χ0) is 22.9. The van der Waals surface area contributed by atoms with E-state index >= 15 is 0 Å². The molecule has 1 amide bonds. The van der Waals surface area contributed by atoms with E-state index in [1.165, 1.54) is 26.3 Å². The van der Waals surface area contributed by atoms with Crippen molar-refractivity contribution < 1.29 is 14.0 Å². The molecule has 172 valence electrons. The van der Waals surface area contributed by atoms with Crippen LogP contribution in [-0.2, 0) is 11.4 Å². The molecule has 3 aromatic heterocycles. The third-order valence-corrected chi connectivity index (χ3v) is 5.41. The summed E-state index contributed by atoms with van der Waals surface area (Å²) in [4.78, 5) is 26.1. The first-order valence-corrected chi connectivity index (χ1v) is 10.2. The molecule has 10 heteroatoms. The molecule has 5 rings (SSSR count). The quantitative estimate of drug-likeness (QED) is 0.350. The number of fused-ring (bicyclic) bond motifs is 2. The molecule has 0 fully saturated rings. The van der Waals surface area contributed by atoms with E-state index in [0.717, 1.165) is 21.5 Å². The maximum atomic E-state index is 14.7. The van der Waals surface area contributed by atoms with Crippen molar-refractivity contribution in [2.45, 2.75) is 6.54 Å². The van der Waals surface area contributed by atoms with E-state index in [1.54, 1.807) is 29.1 Å². The Bertz CT molecular complexity index is 1510. The van der Waals surface area contributed by atoms with Crippen molar-refractivity contribution in [1.82, 2.24) is 30.0 Å². The Morgan fingerprint density at radius 2 is 1.91 bits per heavy atom. The zero-order valence-corrected chi connectivity index (χ0v) is 19.2. The largest absolute Gasteiger partial charge is 0.280 e. The van der Waals surface area contributed by atoms with E-state index in [1.807, 2.05) is 24.3 Å². The number of carbonyl (C=O) groups is 1. The van der Waals surface area contributed by atoms with Gasteiger partial charge in [-0.1, -0.05) is 23.4 Å². The van der Waals surface area contributed by atoms with Crippen molar-refractivity contribution in [3.8, 4) is 11.3 Å². The van der Waals surface area contributed by atoms with Crippen LogP contribution in [0.1, 0.15) is 15.9 Å². The molecular formula is C24H20ClFN6O2. The molecular weight excluding hydrogens is 459 g/mol. The highest BCUT2D eigenvalue weighted by Gasteiger charge is 2.18. The number of hydrogen-bond acceptors (Lipinski definition) is 6. The van der Waals surface area contributed by atoms with Gasteiger partial charge in [0.25, 0.3) is 5.91 Å². The van der Waals surface area contributed by atoms with Gasteiger partial charge in [-0.3, -0.25) is 14.6 Å². The first-order valence-electron chi connectivity index (χ1n) is 10.2. The van der Waals surface area contributed by atoms with Crippen molar-refractivity contribution in [2.24, 2.45) is 0 Å². The lowest BCUT2D eigenvalue weighted by Crippen LogP contribution is -2.26. The summed E-state index contributed by atoms with van der Waals surface area (Å²) < 4.78 is 16.4. The number of aromatic nitrogens is 5. The Morgan fingerprint density at radius 1 is 1.09 bits per heavy atom. The Labute approximate surface area is 200 Å². The van der Waals surface area contributed by atoms with E-state index in [9.17, 15) is 9.18 Å². The fourth-order valence-electron chi connectivity index (χ4n) is 3.62. The molecule has 0 spiro atoms. The first-order chi connectivity index (χ1) is 16.0. The number of amides is 1. The lowest BCUT2D eigenvalue weighted by Gasteiger charge is -2.14. The predicted octanol–water partition coefficient (Wildman–Crippen LogP) is 4.28. The summed E-state index contributed by atoms with van der Waals surface area (Å²) in [5.41, 5.74) is 4.18. The predicted molar refractivity (Wildman–Crippen MR) is 128 cm³/mol. The van der Waals surface area contributed by atoms with E-state index < -0.39 is 11.7 Å². The standard InChI is InChI=1S/C24H19FN6O2.ClH/c1-30(33-2)24(32)18-7-6-17(13-19(18)25)21-9-10-22-23(27-21)31(29-28-22)14-15-5-8-20-16(12-15)4-3-11-26-20;/h3-13H,14H2,1-2H3;1H. The molecule has 2 aromatic carbocycles. The molecule has 0 unspecified atom stereocenters. The van der Waals surface area contributed by atoms with Gasteiger partial charge in [0.1, 0.15) is 11.3 Å². The average Bonchev–Trinajstić information content (AvgIpc) is 3.24. The van der Waals surface area contributed by atoms with Crippen molar-refractivity contribution in [2.75, 3.05) is 14.2 Å². The van der Waals surface area contributed by atoms with Gasteiger partial charge in [-0.15, -0.1) is 17.5 Å². The average molecular weight is 479 g/mol. The SMILES string of the molecule is CON(C)C(=O)c1ccc(-c2ccc3nnn(Cc4ccc5ncccc5c4)c3n2)cc1F.Cl. The van der Waals surface area contributed by atoms with Crippen LogP contribution in [-0.4, -0.2) is 50.1 Å². The summed E-state index contributed by atoms with van der Waals surface area (Å²) in [7, 11) is 2.76. The summed E-state index contributed by atoms with van der Waals surface area (Å²) in [6.45, 7) is 0.475. The zero-order valence-electron chi connectivity index (χ0n) is 18.3. The Kier molecular flexibility index (Phi) is 6.49. The van der Waals surface area contributed by atoms with Gasteiger partial charge in [0.15, 0.2) is 5.65 Å². The molecule has 0 radical (unpaired) electrons. The van der Waals surface area contributed by atoms with Crippen molar-refractivity contribution >= 4 is 40.4 Å². The van der Waals surface area contributed by atoms with Gasteiger partial charge < -0.3 is 0 Å². The van der Waals surface area contributed by atoms with Crippen LogP contribution in [0.15, 0.2) is 66.9 Å². The summed E-state index contributed by atoms with van der Waals surface area (Å²) in [6.07, 6.45) is 1.76. The Balaban J connectivity index is 0.00000274. The minimum absolute atomic E-state index is 0. The molecule has 3 heterocycles. The molecule has 0 saturated heterocycles. The maximum absolute atomic E-state index is 14.7. The molecule has 34 heavy (non-hydrogen) atoms. The molecule has 0 atom stereocenters. The lowest BCUT2D eigenvalue weighted by atomic mass is 10.1. The van der Waals surface area contributed by atoms with Crippen LogP contribution in [0.2, 0.25) is 0 Å². The third kappa shape index (κ3) is 4.30. The van der Waals surface area contributed by atoms with Crippen LogP contribution < -0.4 is 0 Å². The van der Waals surface area contributed by atoms with Gasteiger partial charge in [-0.25, -0.2) is 19.1 Å². The second-order valence-corrected chi connectivity index (χ2v) is 7.50. The fourth-order valence-corrected chi connectivity index (χ4v) is 3.62. The smallest absolute Gasteiger partial charge is 0.274 e. The molecule has 0 saturated carbocycles. The summed E-state index contributed by atoms with van der Waals surface area (Å²) >= 11 is 0. The van der Waals surface area contributed by atoms with Crippen LogP contribution in [0, 0.1) is 5.82 Å². The van der Waals surface area contributed by atoms with Gasteiger partial charge in [0, 0.05) is 24.2 Å². The number of hydrogen-bond donors (Lipinski definition) is 0. The van der Waals surface area contributed by atoms with Crippen LogP contribution in [0.4, 0.5) is 4.39 Å². The van der Waals surface area contributed by atoms with Crippen LogP contribution in [0.5, 0.6) is 0 Å².